The quantitative estimate of drug-likeness (QED) is 0.924. The lowest BCUT2D eigenvalue weighted by Gasteiger charge is -1.92. The standard InChI is InChI=1S/C13H11FN2OS/c1-15-13(17)11-8-16-12(18-11)7-4-9-2-5-10(14)6-3-9/h2-8H,1H3,(H,15,17)/b7-4+. The van der Waals surface area contributed by atoms with Crippen molar-refractivity contribution >= 4 is 29.4 Å². The highest BCUT2D eigenvalue weighted by Crippen LogP contribution is 2.16. The Labute approximate surface area is 108 Å². The molecule has 0 spiro atoms. The molecule has 0 saturated carbocycles. The Balaban J connectivity index is 2.11. The molecule has 1 aromatic heterocycles. The summed E-state index contributed by atoms with van der Waals surface area (Å²) in [6, 6.07) is 6.16. The first-order chi connectivity index (χ1) is 8.69. The fourth-order valence-corrected chi connectivity index (χ4v) is 2.10. The number of nitrogens with one attached hydrogen (secondary N) is 1. The first-order valence-corrected chi connectivity index (χ1v) is 6.12. The average molecular weight is 262 g/mol. The number of halogens is 1. The van der Waals surface area contributed by atoms with E-state index in [2.05, 4.69) is 10.3 Å². The highest BCUT2D eigenvalue weighted by molar-refractivity contribution is 7.14. The first kappa shape index (κ1) is 12.4. The van der Waals surface area contributed by atoms with E-state index in [1.54, 1.807) is 25.3 Å². The Morgan fingerprint density at radius 3 is 2.72 bits per heavy atom. The minimum absolute atomic E-state index is 0.145. The number of carbonyl (C=O) groups excluding carboxylic acids is 1. The SMILES string of the molecule is CNC(=O)c1cnc(/C=C/c2ccc(F)cc2)s1. The number of nitrogens with zero attached hydrogens (tertiary/aromatic N) is 1. The lowest BCUT2D eigenvalue weighted by molar-refractivity contribution is 0.0967. The second-order valence-corrected chi connectivity index (χ2v) is 4.59. The summed E-state index contributed by atoms with van der Waals surface area (Å²) in [5.74, 6) is -0.405. The van der Waals surface area contributed by atoms with E-state index in [-0.39, 0.29) is 11.7 Å². The van der Waals surface area contributed by atoms with Gasteiger partial charge < -0.3 is 5.32 Å². The number of rotatable bonds is 3. The number of benzene rings is 1. The molecule has 1 amide bonds. The number of amides is 1. The van der Waals surface area contributed by atoms with Crippen molar-refractivity contribution in [3.05, 3.63) is 51.7 Å². The van der Waals surface area contributed by atoms with Crippen molar-refractivity contribution in [2.75, 3.05) is 7.05 Å². The van der Waals surface area contributed by atoms with E-state index >= 15 is 0 Å². The zero-order valence-corrected chi connectivity index (χ0v) is 10.5. The van der Waals surface area contributed by atoms with E-state index in [4.69, 9.17) is 0 Å². The predicted molar refractivity (Wildman–Crippen MR) is 70.8 cm³/mol. The Morgan fingerprint density at radius 1 is 1.33 bits per heavy atom. The monoisotopic (exact) mass is 262 g/mol. The second-order valence-electron chi connectivity index (χ2n) is 3.53. The maximum Gasteiger partial charge on any atom is 0.262 e. The number of hydrogen-bond acceptors (Lipinski definition) is 3. The van der Waals surface area contributed by atoms with Crippen LogP contribution in [0.15, 0.2) is 30.5 Å². The van der Waals surface area contributed by atoms with Gasteiger partial charge in [0.15, 0.2) is 0 Å². The molecule has 0 fully saturated rings. The molecule has 0 radical (unpaired) electrons. The molecule has 2 aromatic rings. The molecule has 2 rings (SSSR count). The van der Waals surface area contributed by atoms with E-state index in [0.29, 0.717) is 4.88 Å². The van der Waals surface area contributed by atoms with Gasteiger partial charge in [0.1, 0.15) is 15.7 Å². The molecule has 0 aliphatic heterocycles. The number of aromatic nitrogens is 1. The molecule has 1 N–H and O–H groups in total. The fraction of sp³-hybridized carbons (Fsp3) is 0.0769. The van der Waals surface area contributed by atoms with Gasteiger partial charge >= 0.3 is 0 Å². The van der Waals surface area contributed by atoms with E-state index < -0.39 is 0 Å². The van der Waals surface area contributed by atoms with Crippen LogP contribution in [-0.2, 0) is 0 Å². The molecule has 3 nitrogen and oxygen atoms in total. The van der Waals surface area contributed by atoms with Crippen molar-refractivity contribution in [3.63, 3.8) is 0 Å². The Hall–Kier alpha value is -2.01. The van der Waals surface area contributed by atoms with Crippen molar-refractivity contribution in [2.24, 2.45) is 0 Å². The van der Waals surface area contributed by atoms with Gasteiger partial charge in [-0.25, -0.2) is 9.37 Å². The van der Waals surface area contributed by atoms with Gasteiger partial charge in [0.25, 0.3) is 5.91 Å². The van der Waals surface area contributed by atoms with Crippen LogP contribution in [0.3, 0.4) is 0 Å². The highest BCUT2D eigenvalue weighted by atomic mass is 32.1. The first-order valence-electron chi connectivity index (χ1n) is 5.30. The minimum atomic E-state index is -0.261. The number of thiazole rings is 1. The van der Waals surface area contributed by atoms with E-state index in [1.807, 2.05) is 6.08 Å². The molecular formula is C13H11FN2OS. The van der Waals surface area contributed by atoms with Gasteiger partial charge in [-0.3, -0.25) is 4.79 Å². The van der Waals surface area contributed by atoms with E-state index in [1.165, 1.54) is 29.7 Å². The minimum Gasteiger partial charge on any atom is -0.354 e. The van der Waals surface area contributed by atoms with Crippen LogP contribution in [0.4, 0.5) is 4.39 Å². The molecule has 0 aliphatic rings. The summed E-state index contributed by atoms with van der Waals surface area (Å²) >= 11 is 1.30. The van der Waals surface area contributed by atoms with Crippen molar-refractivity contribution in [1.29, 1.82) is 0 Å². The fourth-order valence-electron chi connectivity index (χ4n) is 1.33. The third kappa shape index (κ3) is 3.01. The molecule has 1 heterocycles. The van der Waals surface area contributed by atoms with Crippen molar-refractivity contribution < 1.29 is 9.18 Å². The van der Waals surface area contributed by atoms with E-state index in [9.17, 15) is 9.18 Å². The molecular weight excluding hydrogens is 251 g/mol. The topological polar surface area (TPSA) is 42.0 Å². The van der Waals surface area contributed by atoms with Crippen LogP contribution in [0.1, 0.15) is 20.2 Å². The zero-order valence-electron chi connectivity index (χ0n) is 9.68. The summed E-state index contributed by atoms with van der Waals surface area (Å²) in [5, 5.41) is 3.27. The van der Waals surface area contributed by atoms with Crippen LogP contribution < -0.4 is 5.32 Å². The molecule has 0 unspecified atom stereocenters. The van der Waals surface area contributed by atoms with Crippen LogP contribution in [0, 0.1) is 5.82 Å². The molecule has 0 bridgehead atoms. The second kappa shape index (κ2) is 5.55. The molecule has 18 heavy (non-hydrogen) atoms. The van der Waals surface area contributed by atoms with Gasteiger partial charge in [0.2, 0.25) is 0 Å². The summed E-state index contributed by atoms with van der Waals surface area (Å²) < 4.78 is 12.7. The average Bonchev–Trinajstić information content (AvgIpc) is 2.86. The smallest absolute Gasteiger partial charge is 0.262 e. The van der Waals surface area contributed by atoms with Crippen molar-refractivity contribution in [3.8, 4) is 0 Å². The summed E-state index contributed by atoms with van der Waals surface area (Å²) in [6.07, 6.45) is 5.16. The van der Waals surface area contributed by atoms with Gasteiger partial charge in [0, 0.05) is 7.05 Å². The van der Waals surface area contributed by atoms with Gasteiger partial charge in [-0.2, -0.15) is 0 Å². The largest absolute Gasteiger partial charge is 0.354 e. The van der Waals surface area contributed by atoms with Crippen molar-refractivity contribution in [1.82, 2.24) is 10.3 Å². The normalized spacial score (nSPS) is 10.8. The van der Waals surface area contributed by atoms with Crippen LogP contribution in [0.2, 0.25) is 0 Å². The molecule has 92 valence electrons. The van der Waals surface area contributed by atoms with Crippen LogP contribution in [0.25, 0.3) is 12.2 Å². The summed E-state index contributed by atoms with van der Waals surface area (Å²) in [5.41, 5.74) is 0.882. The Kier molecular flexibility index (Phi) is 3.84. The maximum atomic E-state index is 12.7. The molecule has 0 saturated heterocycles. The molecule has 1 aromatic carbocycles. The summed E-state index contributed by atoms with van der Waals surface area (Å²) in [7, 11) is 1.58. The van der Waals surface area contributed by atoms with Crippen LogP contribution in [-0.4, -0.2) is 17.9 Å². The van der Waals surface area contributed by atoms with Gasteiger partial charge in [-0.05, 0) is 23.8 Å². The van der Waals surface area contributed by atoms with Gasteiger partial charge in [0.05, 0.1) is 6.20 Å². The van der Waals surface area contributed by atoms with Gasteiger partial charge in [-0.15, -0.1) is 11.3 Å². The predicted octanol–water partition coefficient (Wildman–Crippen LogP) is 2.81. The van der Waals surface area contributed by atoms with E-state index in [0.717, 1.165) is 10.6 Å². The Morgan fingerprint density at radius 2 is 2.06 bits per heavy atom. The van der Waals surface area contributed by atoms with Crippen LogP contribution in [0.5, 0.6) is 0 Å². The van der Waals surface area contributed by atoms with Crippen molar-refractivity contribution in [2.45, 2.75) is 0 Å². The zero-order chi connectivity index (χ0) is 13.0. The summed E-state index contributed by atoms with van der Waals surface area (Å²) in [6.45, 7) is 0. The highest BCUT2D eigenvalue weighted by Gasteiger charge is 2.06. The third-order valence-corrected chi connectivity index (χ3v) is 3.22. The maximum absolute atomic E-state index is 12.7. The van der Waals surface area contributed by atoms with Crippen LogP contribution >= 0.6 is 11.3 Å². The number of hydrogen-bond donors (Lipinski definition) is 1. The lowest BCUT2D eigenvalue weighted by atomic mass is 10.2. The molecule has 5 heteroatoms. The lowest BCUT2D eigenvalue weighted by Crippen LogP contribution is -2.16. The molecule has 0 aliphatic carbocycles. The Bertz CT molecular complexity index is 575. The number of carbonyl (C=O) groups is 1. The van der Waals surface area contributed by atoms with Gasteiger partial charge in [-0.1, -0.05) is 18.2 Å². The third-order valence-electron chi connectivity index (χ3n) is 2.26. The molecule has 0 atom stereocenters. The summed E-state index contributed by atoms with van der Waals surface area (Å²) in [4.78, 5) is 16.0.